The minimum absolute atomic E-state index is 0.802. The van der Waals surface area contributed by atoms with Gasteiger partial charge in [-0.2, -0.15) is 0 Å². The molecular formula is C128H209N9O2S. The van der Waals surface area contributed by atoms with Crippen molar-refractivity contribution in [3.63, 3.8) is 0 Å². The average molecular weight is 1940 g/mol. The van der Waals surface area contributed by atoms with Gasteiger partial charge in [0.15, 0.2) is 0 Å². The Hall–Kier alpha value is -10.4. The van der Waals surface area contributed by atoms with Crippen LogP contribution in [-0.2, 0) is 69.3 Å². The van der Waals surface area contributed by atoms with Crippen molar-refractivity contribution in [3.05, 3.63) is 348 Å². The SMILES string of the molecule is CC.CC.CC.CC.CC.CC.CC.CC.CC.CC.CC.CC.CC.CC.CC.CC.CC.CC.CC.CC.CN1CCc2ccccc2C1.c1ccc2c(c1)CCCO2.c1ccc2c(c1)CCCS2.c1ccc2c(c1)CCOC2.c1ccc2cnccc2c1.c1ccc2ncccc2c1.c1ccc2nccnc2c1.c1ccc2ncncc2c1.c1cnc2c(c1)CCC2.c1cnc2c(c1)CCCC2. The summed E-state index contributed by atoms with van der Waals surface area (Å²) >= 11 is 1.99. The first-order valence-corrected chi connectivity index (χ1v) is 56.1. The Balaban J connectivity index is -0.000000161. The predicted molar refractivity (Wildman–Crippen MR) is 639 cm³/mol. The molecule has 0 bridgehead atoms. The van der Waals surface area contributed by atoms with E-state index in [0.717, 1.165) is 72.4 Å². The third-order valence-electron chi connectivity index (χ3n) is 17.6. The number of hydrogen-bond donors (Lipinski definition) is 0. The fourth-order valence-electron chi connectivity index (χ4n) is 12.3. The molecule has 8 aromatic carbocycles. The van der Waals surface area contributed by atoms with Gasteiger partial charge < -0.3 is 14.4 Å². The van der Waals surface area contributed by atoms with E-state index in [-0.39, 0.29) is 0 Å². The summed E-state index contributed by atoms with van der Waals surface area (Å²) in [6.07, 6.45) is 32.1. The summed E-state index contributed by atoms with van der Waals surface area (Å²) in [5, 5.41) is 4.73. The summed E-state index contributed by atoms with van der Waals surface area (Å²) < 4.78 is 10.7. The molecule has 0 radical (unpaired) electrons. The van der Waals surface area contributed by atoms with Crippen molar-refractivity contribution < 1.29 is 9.47 Å². The minimum atomic E-state index is 0.802. The molecule has 14 aromatic rings. The molecule has 12 heteroatoms. The fourth-order valence-corrected chi connectivity index (χ4v) is 13.4. The number of para-hydroxylation sites is 5. The lowest BCUT2D eigenvalue weighted by Gasteiger charge is -2.24. The number of benzene rings is 8. The first kappa shape index (κ1) is 150. The van der Waals surface area contributed by atoms with E-state index in [1.807, 2.05) is 441 Å². The van der Waals surface area contributed by atoms with Gasteiger partial charge in [0.25, 0.3) is 0 Å². The Morgan fingerprint density at radius 1 is 0.243 bits per heavy atom. The molecule has 10 heterocycles. The van der Waals surface area contributed by atoms with E-state index in [1.165, 1.54) is 154 Å². The third-order valence-corrected chi connectivity index (χ3v) is 18.8. The Morgan fingerprint density at radius 2 is 0.607 bits per heavy atom. The van der Waals surface area contributed by atoms with Crippen LogP contribution in [0.4, 0.5) is 0 Å². The van der Waals surface area contributed by atoms with E-state index < -0.39 is 0 Å². The number of aryl methyl sites for hydroxylation is 6. The minimum Gasteiger partial charge on any atom is -0.493 e. The largest absolute Gasteiger partial charge is 0.493 e. The van der Waals surface area contributed by atoms with Crippen LogP contribution in [0.1, 0.15) is 365 Å². The Labute approximate surface area is 869 Å². The van der Waals surface area contributed by atoms with Crippen molar-refractivity contribution in [1.82, 2.24) is 44.8 Å². The van der Waals surface area contributed by atoms with Gasteiger partial charge >= 0.3 is 0 Å². The Bertz CT molecular complexity index is 3870. The van der Waals surface area contributed by atoms with Gasteiger partial charge in [0, 0.05) is 89.7 Å². The van der Waals surface area contributed by atoms with Gasteiger partial charge in [-0.05, 0) is 212 Å². The average Bonchev–Trinajstić information content (AvgIpc) is 1.35. The van der Waals surface area contributed by atoms with E-state index in [1.54, 1.807) is 24.3 Å². The molecule has 0 spiro atoms. The van der Waals surface area contributed by atoms with Gasteiger partial charge in [-0.3, -0.25) is 29.9 Å². The molecular weight excluding hydrogens is 1730 g/mol. The molecule has 0 amide bonds. The number of likely N-dealkylation sites (N-methyl/N-ethyl adjacent to an activating group) is 1. The Morgan fingerprint density at radius 3 is 1.10 bits per heavy atom. The topological polar surface area (TPSA) is 125 Å². The van der Waals surface area contributed by atoms with E-state index in [9.17, 15) is 0 Å². The number of ether oxygens (including phenoxy) is 2. The van der Waals surface area contributed by atoms with E-state index in [0.29, 0.717) is 0 Å². The molecule has 0 N–H and O–H groups in total. The molecule has 4 aliphatic heterocycles. The summed E-state index contributed by atoms with van der Waals surface area (Å²) in [5.74, 6) is 2.38. The quantitative estimate of drug-likeness (QED) is 0.144. The third kappa shape index (κ3) is 70.3. The smallest absolute Gasteiger partial charge is 0.122 e. The van der Waals surface area contributed by atoms with Crippen LogP contribution in [0.3, 0.4) is 0 Å². The molecule has 0 fully saturated rings. The van der Waals surface area contributed by atoms with Crippen molar-refractivity contribution in [1.29, 1.82) is 0 Å². The number of hydrogen-bond acceptors (Lipinski definition) is 12. The van der Waals surface area contributed by atoms with Crippen LogP contribution >= 0.6 is 11.8 Å². The van der Waals surface area contributed by atoms with Crippen molar-refractivity contribution >= 4 is 55.4 Å². The van der Waals surface area contributed by atoms with Gasteiger partial charge in [-0.25, -0.2) is 9.97 Å². The van der Waals surface area contributed by atoms with Crippen molar-refractivity contribution in [3.8, 4) is 5.75 Å². The lowest BCUT2D eigenvalue weighted by Crippen LogP contribution is -2.26. The highest BCUT2D eigenvalue weighted by Gasteiger charge is 2.13. The number of aromatic nitrogens is 8. The van der Waals surface area contributed by atoms with Crippen molar-refractivity contribution in [2.45, 2.75) is 378 Å². The molecule has 20 rings (SSSR count). The van der Waals surface area contributed by atoms with Crippen molar-refractivity contribution in [2.24, 2.45) is 0 Å². The lowest BCUT2D eigenvalue weighted by atomic mass is 9.96. The first-order chi connectivity index (χ1) is 69.6. The summed E-state index contributed by atoms with van der Waals surface area (Å²) in [7, 11) is 2.18. The molecule has 2 aliphatic carbocycles. The summed E-state index contributed by atoms with van der Waals surface area (Å²) in [6.45, 7) is 84.9. The standard InChI is InChI=1S/C10H13N.C9H11N.2C9H7N.2C9H10O.C9H10S.2C8H6N2.C8H9N.20C2H6/c1-11-7-6-9-4-2-3-5-10(9)8-11;2*1-2-6-9-8(4-1)5-3-7-10-9;1-2-4-9-7-10-6-5-8(9)3-1;1-2-6-9-8(4-1)5-3-7-10-9;1-2-4-9-7-10-6-5-8(9)3-1;1-2-6-9-8(4-1)5-3-7-10-9;1-2-4-8-7(3-1)5-9-6-10-8;1-2-4-8-7(3-1)9-5-6-10-8;1-3-7-4-2-6-9-8(7)5-1;20*1-2/h2-5H,6-8H2,1H3;3,5,7H,1-2,4,6H2;2*1-7H;1-2,4,6H,3,5,7H2;1-4H,5-7H2;1-2,4,6H,3,5,7H2;2*1-6H;2,4,6H,1,3,5H2;20*1-2H3. The lowest BCUT2D eigenvalue weighted by molar-refractivity contribution is 0.111. The monoisotopic (exact) mass is 1940 g/mol. The van der Waals surface area contributed by atoms with Crippen LogP contribution in [0.2, 0.25) is 0 Å². The fraction of sp³-hybridized carbons (Fsp3) is 0.469. The van der Waals surface area contributed by atoms with Crippen LogP contribution in [0, 0.1) is 0 Å². The van der Waals surface area contributed by atoms with Crippen LogP contribution in [0.25, 0.3) is 43.6 Å². The van der Waals surface area contributed by atoms with Crippen LogP contribution in [0.15, 0.2) is 297 Å². The Kier molecular flexibility index (Phi) is 131. The first-order valence-electron chi connectivity index (χ1n) is 55.1. The van der Waals surface area contributed by atoms with Crippen molar-refractivity contribution in [2.75, 3.05) is 32.6 Å². The van der Waals surface area contributed by atoms with Gasteiger partial charge in [-0.1, -0.05) is 453 Å². The molecule has 140 heavy (non-hydrogen) atoms. The molecule has 11 nitrogen and oxygen atoms in total. The summed E-state index contributed by atoms with van der Waals surface area (Å²) in [4.78, 5) is 36.8. The summed E-state index contributed by atoms with van der Waals surface area (Å²) in [6, 6.07) is 80.6. The molecule has 0 saturated carbocycles. The molecule has 0 saturated heterocycles. The number of nitrogens with zero attached hydrogens (tertiary/aromatic N) is 9. The second kappa shape index (κ2) is 123. The number of thioether (sulfide) groups is 1. The van der Waals surface area contributed by atoms with Crippen LogP contribution in [-0.4, -0.2) is 77.3 Å². The van der Waals surface area contributed by atoms with Gasteiger partial charge in [0.05, 0.1) is 41.9 Å². The van der Waals surface area contributed by atoms with Crippen LogP contribution in [0.5, 0.6) is 5.75 Å². The zero-order chi connectivity index (χ0) is 108. The highest BCUT2D eigenvalue weighted by Crippen LogP contribution is 2.29. The number of rotatable bonds is 0. The second-order valence-corrected chi connectivity index (χ2v) is 25.9. The normalized spacial score (nSPS) is 10.8. The highest BCUT2D eigenvalue weighted by atomic mass is 32.2. The van der Waals surface area contributed by atoms with Gasteiger partial charge in [-0.15, -0.1) is 11.8 Å². The molecule has 0 unspecified atom stereocenters. The molecule has 0 atom stereocenters. The highest BCUT2D eigenvalue weighted by molar-refractivity contribution is 7.99. The van der Waals surface area contributed by atoms with E-state index in [4.69, 9.17) is 9.47 Å². The van der Waals surface area contributed by atoms with E-state index >= 15 is 0 Å². The maximum absolute atomic E-state index is 5.42. The van der Waals surface area contributed by atoms with Crippen LogP contribution < -0.4 is 4.74 Å². The zero-order valence-electron chi connectivity index (χ0n) is 97.4. The number of pyridine rings is 4. The molecule has 6 aliphatic rings. The zero-order valence-corrected chi connectivity index (χ0v) is 98.2. The predicted octanol–water partition coefficient (Wildman–Crippen LogP) is 40.0. The molecule has 784 valence electrons. The summed E-state index contributed by atoms with van der Waals surface area (Å²) in [5.41, 5.74) is 18.3. The van der Waals surface area contributed by atoms with E-state index in [2.05, 4.69) is 173 Å². The maximum atomic E-state index is 5.42. The van der Waals surface area contributed by atoms with Gasteiger partial charge in [0.2, 0.25) is 0 Å². The molecule has 6 aromatic heterocycles. The number of fused-ring (bicyclic) bond motifs is 10. The second-order valence-electron chi connectivity index (χ2n) is 24.8. The maximum Gasteiger partial charge on any atom is 0.122 e. The van der Waals surface area contributed by atoms with Gasteiger partial charge in [0.1, 0.15) is 12.1 Å².